The second kappa shape index (κ2) is 7.25. The van der Waals surface area contributed by atoms with Crippen molar-refractivity contribution in [1.82, 2.24) is 5.01 Å². The molecule has 2 unspecified atom stereocenters. The molecule has 17 heavy (non-hydrogen) atoms. The molecule has 0 amide bonds. The van der Waals surface area contributed by atoms with Crippen molar-refractivity contribution in [1.29, 1.82) is 0 Å². The lowest BCUT2D eigenvalue weighted by atomic mass is 9.80. The van der Waals surface area contributed by atoms with Gasteiger partial charge in [-0.15, -0.1) is 4.91 Å². The molecule has 0 bridgehead atoms. The number of hydrogen-bond donors (Lipinski definition) is 0. The van der Waals surface area contributed by atoms with Crippen molar-refractivity contribution in [2.75, 3.05) is 20.2 Å². The third kappa shape index (κ3) is 4.32. The summed E-state index contributed by atoms with van der Waals surface area (Å²) in [5.74, 6) is 0.861. The van der Waals surface area contributed by atoms with Gasteiger partial charge in [-0.3, -0.25) is 9.80 Å². The number of ether oxygens (including phenoxy) is 1. The van der Waals surface area contributed by atoms with Gasteiger partial charge in [0.25, 0.3) is 0 Å². The summed E-state index contributed by atoms with van der Waals surface area (Å²) in [5.41, 5.74) is 0. The average molecular weight is 242 g/mol. The van der Waals surface area contributed by atoms with Crippen molar-refractivity contribution in [3.63, 3.8) is 0 Å². The molecule has 1 fully saturated rings. The van der Waals surface area contributed by atoms with Crippen LogP contribution in [0.5, 0.6) is 0 Å². The number of nitrogens with zero attached hydrogens (tertiary/aromatic N) is 2. The largest absolute Gasteiger partial charge is 0.469 e. The van der Waals surface area contributed by atoms with Crippen LogP contribution in [0.15, 0.2) is 5.29 Å². The maximum absolute atomic E-state index is 11.1. The number of esters is 1. The summed E-state index contributed by atoms with van der Waals surface area (Å²) in [7, 11) is 1.42. The summed E-state index contributed by atoms with van der Waals surface area (Å²) in [6, 6.07) is 0. The Morgan fingerprint density at radius 1 is 1.41 bits per heavy atom. The second-order valence-corrected chi connectivity index (χ2v) is 4.71. The van der Waals surface area contributed by atoms with Crippen LogP contribution in [0.25, 0.3) is 0 Å². The fraction of sp³-hybridized carbons (Fsp3) is 0.917. The predicted octanol–water partition coefficient (Wildman–Crippen LogP) is 2.36. The van der Waals surface area contributed by atoms with Gasteiger partial charge < -0.3 is 4.74 Å². The van der Waals surface area contributed by atoms with Crippen LogP contribution >= 0.6 is 0 Å². The molecule has 1 heterocycles. The van der Waals surface area contributed by atoms with Crippen LogP contribution < -0.4 is 0 Å². The molecule has 0 radical (unpaired) electrons. The number of nitroso groups, excluding NO2 is 1. The second-order valence-electron chi connectivity index (χ2n) is 4.71. The summed E-state index contributed by atoms with van der Waals surface area (Å²) in [5, 5.41) is 4.62. The molecule has 1 rings (SSSR count). The molecule has 98 valence electrons. The van der Waals surface area contributed by atoms with Gasteiger partial charge in [0.05, 0.1) is 12.4 Å². The van der Waals surface area contributed by atoms with E-state index in [0.29, 0.717) is 18.3 Å². The van der Waals surface area contributed by atoms with Gasteiger partial charge in [0, 0.05) is 19.5 Å². The molecule has 0 aromatic heterocycles. The van der Waals surface area contributed by atoms with E-state index in [1.807, 2.05) is 0 Å². The molecule has 1 aliphatic heterocycles. The Balaban J connectivity index is 2.45. The summed E-state index contributed by atoms with van der Waals surface area (Å²) in [6.07, 6.45) is 4.50. The first-order valence-corrected chi connectivity index (χ1v) is 6.36. The van der Waals surface area contributed by atoms with Gasteiger partial charge in [0.1, 0.15) is 0 Å². The number of hydrogen-bond acceptors (Lipinski definition) is 4. The molecule has 1 saturated heterocycles. The highest BCUT2D eigenvalue weighted by Crippen LogP contribution is 2.31. The van der Waals surface area contributed by atoms with Gasteiger partial charge in [0.15, 0.2) is 0 Å². The number of carbonyl (C=O) groups is 1. The number of rotatable bonds is 6. The first kappa shape index (κ1) is 13.9. The van der Waals surface area contributed by atoms with Crippen LogP contribution in [0.1, 0.15) is 39.0 Å². The summed E-state index contributed by atoms with van der Waals surface area (Å²) < 4.78 is 4.66. The fourth-order valence-corrected chi connectivity index (χ4v) is 2.62. The SMILES string of the molecule is CCCC1CN(N=O)CCC1CCC(=O)OC. The highest BCUT2D eigenvalue weighted by molar-refractivity contribution is 5.69. The van der Waals surface area contributed by atoms with Crippen LogP contribution in [0, 0.1) is 16.7 Å². The smallest absolute Gasteiger partial charge is 0.305 e. The van der Waals surface area contributed by atoms with Crippen molar-refractivity contribution >= 4 is 5.97 Å². The minimum Gasteiger partial charge on any atom is -0.469 e. The van der Waals surface area contributed by atoms with E-state index < -0.39 is 0 Å². The maximum atomic E-state index is 11.1. The summed E-state index contributed by atoms with van der Waals surface area (Å²) >= 11 is 0. The standard InChI is InChI=1S/C12H22N2O3/c1-3-4-11-9-14(13-16)8-7-10(11)5-6-12(15)17-2/h10-11H,3-9H2,1-2H3. The highest BCUT2D eigenvalue weighted by atomic mass is 16.5. The van der Waals surface area contributed by atoms with Gasteiger partial charge in [-0.25, -0.2) is 0 Å². The van der Waals surface area contributed by atoms with E-state index in [1.54, 1.807) is 5.01 Å². The van der Waals surface area contributed by atoms with Crippen LogP contribution in [-0.4, -0.2) is 31.2 Å². The van der Waals surface area contributed by atoms with Crippen LogP contribution in [-0.2, 0) is 9.53 Å². The third-order valence-corrected chi connectivity index (χ3v) is 3.59. The van der Waals surface area contributed by atoms with Crippen molar-refractivity contribution in [3.05, 3.63) is 4.91 Å². The monoisotopic (exact) mass is 242 g/mol. The normalized spacial score (nSPS) is 24.5. The van der Waals surface area contributed by atoms with Crippen molar-refractivity contribution < 1.29 is 9.53 Å². The zero-order valence-electron chi connectivity index (χ0n) is 10.7. The molecular formula is C12H22N2O3. The Bertz CT molecular complexity index is 258. The van der Waals surface area contributed by atoms with Crippen molar-refractivity contribution in [2.45, 2.75) is 39.0 Å². The van der Waals surface area contributed by atoms with E-state index in [-0.39, 0.29) is 5.97 Å². The van der Waals surface area contributed by atoms with E-state index in [4.69, 9.17) is 0 Å². The van der Waals surface area contributed by atoms with E-state index >= 15 is 0 Å². The van der Waals surface area contributed by atoms with Gasteiger partial charge >= 0.3 is 5.97 Å². The Labute approximate surface area is 102 Å². The highest BCUT2D eigenvalue weighted by Gasteiger charge is 2.28. The summed E-state index contributed by atoms with van der Waals surface area (Å²) in [6.45, 7) is 3.60. The lowest BCUT2D eigenvalue weighted by Gasteiger charge is -2.35. The van der Waals surface area contributed by atoms with Gasteiger partial charge in [0.2, 0.25) is 0 Å². The maximum Gasteiger partial charge on any atom is 0.305 e. The summed E-state index contributed by atoms with van der Waals surface area (Å²) in [4.78, 5) is 21.7. The van der Waals surface area contributed by atoms with Crippen LogP contribution in [0.2, 0.25) is 0 Å². The topological polar surface area (TPSA) is 59.0 Å². The Kier molecular flexibility index (Phi) is 5.94. The number of methoxy groups -OCH3 is 1. The minimum atomic E-state index is -0.142. The van der Waals surface area contributed by atoms with Crippen molar-refractivity contribution in [3.8, 4) is 0 Å². The molecule has 0 aliphatic carbocycles. The van der Waals surface area contributed by atoms with E-state index in [0.717, 1.165) is 38.8 Å². The average Bonchev–Trinajstić information content (AvgIpc) is 2.37. The van der Waals surface area contributed by atoms with Gasteiger partial charge in [-0.1, -0.05) is 13.3 Å². The molecule has 1 aliphatic rings. The lowest BCUT2D eigenvalue weighted by Crippen LogP contribution is -2.37. The Morgan fingerprint density at radius 2 is 2.18 bits per heavy atom. The van der Waals surface area contributed by atoms with E-state index in [2.05, 4.69) is 16.9 Å². The Morgan fingerprint density at radius 3 is 2.76 bits per heavy atom. The zero-order valence-corrected chi connectivity index (χ0v) is 10.7. The predicted molar refractivity (Wildman–Crippen MR) is 65.1 cm³/mol. The van der Waals surface area contributed by atoms with Crippen LogP contribution in [0.4, 0.5) is 0 Å². The molecule has 2 atom stereocenters. The molecule has 5 heteroatoms. The first-order valence-electron chi connectivity index (χ1n) is 6.36. The van der Waals surface area contributed by atoms with E-state index in [1.165, 1.54) is 7.11 Å². The van der Waals surface area contributed by atoms with E-state index in [9.17, 15) is 9.70 Å². The zero-order chi connectivity index (χ0) is 12.7. The number of carbonyl (C=O) groups excluding carboxylic acids is 1. The fourth-order valence-electron chi connectivity index (χ4n) is 2.62. The molecule has 0 aromatic carbocycles. The van der Waals surface area contributed by atoms with Crippen molar-refractivity contribution in [2.24, 2.45) is 17.1 Å². The Hall–Kier alpha value is -1.13. The number of piperidine rings is 1. The van der Waals surface area contributed by atoms with Crippen LogP contribution in [0.3, 0.4) is 0 Å². The lowest BCUT2D eigenvalue weighted by molar-refractivity contribution is -0.141. The quantitative estimate of drug-likeness (QED) is 0.530. The third-order valence-electron chi connectivity index (χ3n) is 3.59. The molecule has 0 aromatic rings. The molecule has 0 saturated carbocycles. The van der Waals surface area contributed by atoms with Gasteiger partial charge in [-0.05, 0) is 31.1 Å². The first-order chi connectivity index (χ1) is 8.21. The molecule has 5 nitrogen and oxygen atoms in total. The minimum absolute atomic E-state index is 0.142. The molecular weight excluding hydrogens is 220 g/mol. The molecule has 0 N–H and O–H groups in total. The van der Waals surface area contributed by atoms with Gasteiger partial charge in [-0.2, -0.15) is 0 Å². The molecule has 0 spiro atoms.